The van der Waals surface area contributed by atoms with Crippen LogP contribution in [-0.2, 0) is 4.79 Å². The largest absolute Gasteiger partial charge is 0.355 e. The first-order chi connectivity index (χ1) is 7.37. The maximum absolute atomic E-state index is 11.6. The molecule has 0 aliphatic rings. The minimum absolute atomic E-state index is 0.000327. The molecule has 0 radical (unpaired) electrons. The zero-order chi connectivity index (χ0) is 12.6. The molecule has 0 aliphatic carbocycles. The SMILES string of the molecule is CCCCC[C@@H](N)C(=O)NCCC(C)(C)C. The predicted molar refractivity (Wildman–Crippen MR) is 69.2 cm³/mol. The standard InChI is InChI=1S/C13H28N2O/c1-5-6-7-8-11(14)12(16)15-10-9-13(2,3)4/h11H,5-10,14H2,1-4H3,(H,15,16)/t11-/m1/s1. The predicted octanol–water partition coefficient (Wildman–Crippen LogP) is 2.45. The molecular formula is C13H28N2O. The van der Waals surface area contributed by atoms with Crippen LogP contribution in [0.4, 0.5) is 0 Å². The molecule has 3 nitrogen and oxygen atoms in total. The summed E-state index contributed by atoms with van der Waals surface area (Å²) < 4.78 is 0. The molecule has 0 spiro atoms. The normalized spacial score (nSPS) is 13.6. The van der Waals surface area contributed by atoms with E-state index in [0.29, 0.717) is 0 Å². The summed E-state index contributed by atoms with van der Waals surface area (Å²) in [6, 6.07) is -0.327. The fraction of sp³-hybridized carbons (Fsp3) is 0.923. The zero-order valence-electron chi connectivity index (χ0n) is 11.3. The summed E-state index contributed by atoms with van der Waals surface area (Å²) in [6.07, 6.45) is 5.15. The van der Waals surface area contributed by atoms with E-state index in [9.17, 15) is 4.79 Å². The second-order valence-corrected chi connectivity index (χ2v) is 5.70. The fourth-order valence-electron chi connectivity index (χ4n) is 1.44. The Balaban J connectivity index is 3.63. The quantitative estimate of drug-likeness (QED) is 0.658. The second-order valence-electron chi connectivity index (χ2n) is 5.70. The molecule has 0 saturated carbocycles. The van der Waals surface area contributed by atoms with Gasteiger partial charge in [0, 0.05) is 6.54 Å². The molecule has 0 aromatic heterocycles. The van der Waals surface area contributed by atoms with Gasteiger partial charge in [0.05, 0.1) is 6.04 Å². The Hall–Kier alpha value is -0.570. The van der Waals surface area contributed by atoms with Gasteiger partial charge >= 0.3 is 0 Å². The van der Waals surface area contributed by atoms with Crippen LogP contribution in [0.25, 0.3) is 0 Å². The first kappa shape index (κ1) is 15.4. The van der Waals surface area contributed by atoms with Crippen molar-refractivity contribution in [1.29, 1.82) is 0 Å². The first-order valence-electron chi connectivity index (χ1n) is 6.40. The van der Waals surface area contributed by atoms with Crippen LogP contribution in [0.15, 0.2) is 0 Å². The molecule has 0 bridgehead atoms. The molecule has 0 aliphatic heterocycles. The van der Waals surface area contributed by atoms with Gasteiger partial charge in [0.15, 0.2) is 0 Å². The molecule has 0 unspecified atom stereocenters. The van der Waals surface area contributed by atoms with Crippen molar-refractivity contribution in [2.75, 3.05) is 6.54 Å². The molecule has 1 amide bonds. The summed E-state index contributed by atoms with van der Waals surface area (Å²) in [5.74, 6) is 0.000327. The highest BCUT2D eigenvalue weighted by Crippen LogP contribution is 2.16. The molecule has 0 aromatic carbocycles. The van der Waals surface area contributed by atoms with Crippen LogP contribution < -0.4 is 11.1 Å². The number of unbranched alkanes of at least 4 members (excludes halogenated alkanes) is 2. The highest BCUT2D eigenvalue weighted by atomic mass is 16.2. The Morgan fingerprint density at radius 2 is 1.94 bits per heavy atom. The smallest absolute Gasteiger partial charge is 0.236 e. The summed E-state index contributed by atoms with van der Waals surface area (Å²) in [4.78, 5) is 11.6. The molecule has 3 N–H and O–H groups in total. The number of nitrogens with two attached hydrogens (primary N) is 1. The van der Waals surface area contributed by atoms with Gasteiger partial charge in [0.1, 0.15) is 0 Å². The van der Waals surface area contributed by atoms with Crippen molar-refractivity contribution in [3.63, 3.8) is 0 Å². The molecule has 0 heterocycles. The van der Waals surface area contributed by atoms with E-state index in [1.165, 1.54) is 6.42 Å². The van der Waals surface area contributed by atoms with Gasteiger partial charge in [-0.15, -0.1) is 0 Å². The summed E-state index contributed by atoms with van der Waals surface area (Å²) in [7, 11) is 0. The lowest BCUT2D eigenvalue weighted by Crippen LogP contribution is -2.41. The van der Waals surface area contributed by atoms with Crippen LogP contribution in [-0.4, -0.2) is 18.5 Å². The summed E-state index contributed by atoms with van der Waals surface area (Å²) in [5.41, 5.74) is 6.06. The number of amides is 1. The lowest BCUT2D eigenvalue weighted by molar-refractivity contribution is -0.122. The Labute approximate surface area is 100 Å². The van der Waals surface area contributed by atoms with Crippen molar-refractivity contribution in [1.82, 2.24) is 5.32 Å². The van der Waals surface area contributed by atoms with Gasteiger partial charge in [-0.1, -0.05) is 47.0 Å². The van der Waals surface area contributed by atoms with Crippen molar-refractivity contribution in [3.8, 4) is 0 Å². The highest BCUT2D eigenvalue weighted by Gasteiger charge is 2.14. The van der Waals surface area contributed by atoms with E-state index < -0.39 is 0 Å². The summed E-state index contributed by atoms with van der Waals surface area (Å²) in [6.45, 7) is 9.37. The van der Waals surface area contributed by atoms with Crippen molar-refractivity contribution >= 4 is 5.91 Å². The topological polar surface area (TPSA) is 55.1 Å². The average Bonchev–Trinajstić information content (AvgIpc) is 2.15. The van der Waals surface area contributed by atoms with Crippen molar-refractivity contribution in [2.24, 2.45) is 11.1 Å². The Morgan fingerprint density at radius 3 is 2.44 bits per heavy atom. The van der Waals surface area contributed by atoms with E-state index in [1.54, 1.807) is 0 Å². The maximum atomic E-state index is 11.6. The highest BCUT2D eigenvalue weighted by molar-refractivity contribution is 5.81. The minimum atomic E-state index is -0.327. The van der Waals surface area contributed by atoms with Crippen LogP contribution in [0, 0.1) is 5.41 Å². The molecule has 0 saturated heterocycles. The molecule has 0 rings (SSSR count). The third-order valence-electron chi connectivity index (χ3n) is 2.63. The zero-order valence-corrected chi connectivity index (χ0v) is 11.3. The van der Waals surface area contributed by atoms with E-state index >= 15 is 0 Å². The Kier molecular flexibility index (Phi) is 7.39. The van der Waals surface area contributed by atoms with Crippen LogP contribution >= 0.6 is 0 Å². The lowest BCUT2D eigenvalue weighted by Gasteiger charge is -2.19. The van der Waals surface area contributed by atoms with E-state index in [2.05, 4.69) is 33.0 Å². The summed E-state index contributed by atoms with van der Waals surface area (Å²) in [5, 5.41) is 2.90. The second kappa shape index (κ2) is 7.66. The number of rotatable bonds is 7. The van der Waals surface area contributed by atoms with E-state index in [-0.39, 0.29) is 17.4 Å². The van der Waals surface area contributed by atoms with Crippen molar-refractivity contribution < 1.29 is 4.79 Å². The number of carbonyl (C=O) groups excluding carboxylic acids is 1. The van der Waals surface area contributed by atoms with Gasteiger partial charge in [-0.05, 0) is 18.3 Å². The average molecular weight is 228 g/mol. The van der Waals surface area contributed by atoms with Gasteiger partial charge in [-0.25, -0.2) is 0 Å². The monoisotopic (exact) mass is 228 g/mol. The third-order valence-corrected chi connectivity index (χ3v) is 2.63. The Bertz CT molecular complexity index is 197. The molecule has 16 heavy (non-hydrogen) atoms. The molecule has 0 fully saturated rings. The van der Waals surface area contributed by atoms with Crippen LogP contribution in [0.2, 0.25) is 0 Å². The fourth-order valence-corrected chi connectivity index (χ4v) is 1.44. The number of carbonyl (C=O) groups is 1. The van der Waals surface area contributed by atoms with Crippen molar-refractivity contribution in [3.05, 3.63) is 0 Å². The van der Waals surface area contributed by atoms with Crippen LogP contribution in [0.1, 0.15) is 59.8 Å². The van der Waals surface area contributed by atoms with Gasteiger partial charge < -0.3 is 11.1 Å². The van der Waals surface area contributed by atoms with E-state index in [0.717, 1.165) is 32.2 Å². The van der Waals surface area contributed by atoms with E-state index in [1.807, 2.05) is 0 Å². The number of nitrogens with one attached hydrogen (secondary N) is 1. The Morgan fingerprint density at radius 1 is 1.31 bits per heavy atom. The molecule has 0 aromatic rings. The van der Waals surface area contributed by atoms with Gasteiger partial charge in [-0.2, -0.15) is 0 Å². The van der Waals surface area contributed by atoms with Crippen LogP contribution in [0.5, 0.6) is 0 Å². The van der Waals surface area contributed by atoms with Crippen LogP contribution in [0.3, 0.4) is 0 Å². The van der Waals surface area contributed by atoms with Gasteiger partial charge in [0.2, 0.25) is 5.91 Å². The third kappa shape index (κ3) is 8.72. The summed E-state index contributed by atoms with van der Waals surface area (Å²) >= 11 is 0. The minimum Gasteiger partial charge on any atom is -0.355 e. The molecule has 96 valence electrons. The van der Waals surface area contributed by atoms with E-state index in [4.69, 9.17) is 5.73 Å². The molecule has 3 heteroatoms. The van der Waals surface area contributed by atoms with Gasteiger partial charge in [0.25, 0.3) is 0 Å². The lowest BCUT2D eigenvalue weighted by atomic mass is 9.92. The number of hydrogen-bond acceptors (Lipinski definition) is 2. The first-order valence-corrected chi connectivity index (χ1v) is 6.40. The maximum Gasteiger partial charge on any atom is 0.236 e. The molecular weight excluding hydrogens is 200 g/mol. The molecule has 1 atom stereocenters. The van der Waals surface area contributed by atoms with Gasteiger partial charge in [-0.3, -0.25) is 4.79 Å². The van der Waals surface area contributed by atoms with Crippen molar-refractivity contribution in [2.45, 2.75) is 65.8 Å². The number of hydrogen-bond donors (Lipinski definition) is 2.